The Labute approximate surface area is 121 Å². The molecule has 1 saturated heterocycles. The highest BCUT2D eigenvalue weighted by atomic mass is 32.2. The van der Waals surface area contributed by atoms with Gasteiger partial charge in [-0.15, -0.1) is 0 Å². The fraction of sp³-hybridized carbons (Fsp3) is 0.933. The Hall–Kier alpha value is -0.220. The highest BCUT2D eigenvalue weighted by molar-refractivity contribution is 8.00. The summed E-state index contributed by atoms with van der Waals surface area (Å²) >= 11 is 1.98. The van der Waals surface area contributed by atoms with Crippen molar-refractivity contribution in [3.8, 4) is 0 Å². The molecule has 2 atom stereocenters. The fourth-order valence-electron chi connectivity index (χ4n) is 3.44. The Morgan fingerprint density at radius 1 is 1.26 bits per heavy atom. The predicted octanol–water partition coefficient (Wildman–Crippen LogP) is 2.64. The highest BCUT2D eigenvalue weighted by Gasteiger charge is 2.42. The molecule has 19 heavy (non-hydrogen) atoms. The minimum absolute atomic E-state index is 0.257. The van der Waals surface area contributed by atoms with E-state index in [0.717, 1.165) is 38.0 Å². The molecule has 1 aliphatic carbocycles. The zero-order chi connectivity index (χ0) is 13.9. The van der Waals surface area contributed by atoms with Crippen molar-refractivity contribution in [3.05, 3.63) is 0 Å². The molecule has 2 unspecified atom stereocenters. The Kier molecular flexibility index (Phi) is 5.18. The molecule has 1 heterocycles. The second-order valence-corrected chi connectivity index (χ2v) is 7.70. The van der Waals surface area contributed by atoms with Crippen LogP contribution in [-0.2, 0) is 4.79 Å². The molecule has 1 saturated carbocycles. The normalized spacial score (nSPS) is 31.8. The van der Waals surface area contributed by atoms with Gasteiger partial charge >= 0.3 is 0 Å². The second-order valence-electron chi connectivity index (χ2n) is 6.21. The van der Waals surface area contributed by atoms with Gasteiger partial charge in [0, 0.05) is 30.1 Å². The van der Waals surface area contributed by atoms with E-state index in [2.05, 4.69) is 18.7 Å². The minimum Gasteiger partial charge on any atom is -0.338 e. The van der Waals surface area contributed by atoms with Crippen LogP contribution in [-0.4, -0.2) is 40.9 Å². The molecule has 2 rings (SSSR count). The first-order chi connectivity index (χ1) is 9.10. The summed E-state index contributed by atoms with van der Waals surface area (Å²) in [5.74, 6) is 1.41. The summed E-state index contributed by atoms with van der Waals surface area (Å²) in [5.41, 5.74) is 5.79. The first-order valence-electron chi connectivity index (χ1n) is 7.73. The second kappa shape index (κ2) is 6.49. The number of carbonyl (C=O) groups excluding carboxylic acids is 1. The Bertz CT molecular complexity index is 313. The summed E-state index contributed by atoms with van der Waals surface area (Å²) in [5, 5.41) is 0.540. The Morgan fingerprint density at radius 2 is 1.89 bits per heavy atom. The van der Waals surface area contributed by atoms with E-state index >= 15 is 0 Å². The first-order valence-corrected chi connectivity index (χ1v) is 8.78. The van der Waals surface area contributed by atoms with Gasteiger partial charge in [-0.1, -0.05) is 32.6 Å². The molecule has 110 valence electrons. The molecule has 3 nitrogen and oxygen atoms in total. The average Bonchev–Trinajstić information content (AvgIpc) is 2.67. The fourth-order valence-corrected chi connectivity index (χ4v) is 4.53. The largest absolute Gasteiger partial charge is 0.338 e. The van der Waals surface area contributed by atoms with E-state index in [0.29, 0.717) is 23.7 Å². The molecule has 0 aromatic rings. The van der Waals surface area contributed by atoms with Crippen molar-refractivity contribution in [2.24, 2.45) is 11.1 Å². The maximum atomic E-state index is 13.1. The van der Waals surface area contributed by atoms with Crippen molar-refractivity contribution < 1.29 is 4.79 Å². The number of thioether (sulfide) groups is 1. The summed E-state index contributed by atoms with van der Waals surface area (Å²) in [6.45, 7) is 5.85. The molecular weight excluding hydrogens is 256 g/mol. The number of hydrogen-bond acceptors (Lipinski definition) is 3. The molecule has 4 heteroatoms. The summed E-state index contributed by atoms with van der Waals surface area (Å²) < 4.78 is 0. The van der Waals surface area contributed by atoms with Gasteiger partial charge in [0.2, 0.25) is 5.91 Å². The van der Waals surface area contributed by atoms with Gasteiger partial charge in [0.1, 0.15) is 0 Å². The van der Waals surface area contributed by atoms with Crippen molar-refractivity contribution in [1.29, 1.82) is 0 Å². The van der Waals surface area contributed by atoms with Gasteiger partial charge < -0.3 is 10.6 Å². The number of carbonyl (C=O) groups is 1. The molecular formula is C15H28N2OS. The standard InChI is InChI=1S/C15H28N2OS/c1-12-13(2)19-10-9-17(12)14(18)15(11-16)7-5-3-4-6-8-15/h12-13H,3-11,16H2,1-2H3. The van der Waals surface area contributed by atoms with Gasteiger partial charge in [-0.05, 0) is 19.8 Å². The van der Waals surface area contributed by atoms with E-state index in [-0.39, 0.29) is 5.41 Å². The maximum Gasteiger partial charge on any atom is 0.230 e. The first kappa shape index (κ1) is 15.2. The lowest BCUT2D eigenvalue weighted by molar-refractivity contribution is -0.144. The van der Waals surface area contributed by atoms with Crippen LogP contribution in [0.3, 0.4) is 0 Å². The van der Waals surface area contributed by atoms with Crippen molar-refractivity contribution >= 4 is 17.7 Å². The van der Waals surface area contributed by atoms with E-state index in [9.17, 15) is 4.79 Å². The Balaban J connectivity index is 2.14. The topological polar surface area (TPSA) is 46.3 Å². The molecule has 1 amide bonds. The molecule has 0 spiro atoms. The van der Waals surface area contributed by atoms with Crippen LogP contribution < -0.4 is 5.73 Å². The van der Waals surface area contributed by atoms with Crippen LogP contribution in [0.5, 0.6) is 0 Å². The zero-order valence-electron chi connectivity index (χ0n) is 12.4. The third-order valence-electron chi connectivity index (χ3n) is 5.05. The number of rotatable bonds is 2. The zero-order valence-corrected chi connectivity index (χ0v) is 13.2. The lowest BCUT2D eigenvalue weighted by Gasteiger charge is -2.43. The summed E-state index contributed by atoms with van der Waals surface area (Å²) in [6, 6.07) is 0.345. The predicted molar refractivity (Wildman–Crippen MR) is 82.3 cm³/mol. The van der Waals surface area contributed by atoms with E-state index in [4.69, 9.17) is 5.73 Å². The third kappa shape index (κ3) is 3.10. The van der Waals surface area contributed by atoms with E-state index in [1.165, 1.54) is 12.8 Å². The van der Waals surface area contributed by atoms with Gasteiger partial charge in [0.25, 0.3) is 0 Å². The Morgan fingerprint density at radius 3 is 2.47 bits per heavy atom. The van der Waals surface area contributed by atoms with Crippen molar-refractivity contribution in [1.82, 2.24) is 4.90 Å². The summed E-state index contributed by atoms with van der Waals surface area (Å²) in [6.07, 6.45) is 6.83. The smallest absolute Gasteiger partial charge is 0.230 e. The minimum atomic E-state index is -0.257. The van der Waals surface area contributed by atoms with Crippen molar-refractivity contribution in [2.75, 3.05) is 18.8 Å². The molecule has 0 bridgehead atoms. The number of amides is 1. The SMILES string of the molecule is CC1SCCN(C(=O)C2(CN)CCCCCC2)C1C. The van der Waals surface area contributed by atoms with Crippen LogP contribution in [0.2, 0.25) is 0 Å². The van der Waals surface area contributed by atoms with Gasteiger partial charge in [0.15, 0.2) is 0 Å². The lowest BCUT2D eigenvalue weighted by atomic mass is 9.78. The molecule has 1 aliphatic heterocycles. The van der Waals surface area contributed by atoms with E-state index in [1.807, 2.05) is 11.8 Å². The quantitative estimate of drug-likeness (QED) is 0.793. The summed E-state index contributed by atoms with van der Waals surface area (Å²) in [4.78, 5) is 15.2. The van der Waals surface area contributed by atoms with Crippen molar-refractivity contribution in [3.63, 3.8) is 0 Å². The van der Waals surface area contributed by atoms with Crippen LogP contribution in [0.25, 0.3) is 0 Å². The van der Waals surface area contributed by atoms with Crippen molar-refractivity contribution in [2.45, 2.75) is 63.7 Å². The molecule has 0 radical (unpaired) electrons. The maximum absolute atomic E-state index is 13.1. The van der Waals surface area contributed by atoms with E-state index in [1.54, 1.807) is 0 Å². The molecule has 2 fully saturated rings. The molecule has 2 aliphatic rings. The third-order valence-corrected chi connectivity index (χ3v) is 6.39. The molecule has 0 aromatic heterocycles. The monoisotopic (exact) mass is 284 g/mol. The van der Waals surface area contributed by atoms with E-state index < -0.39 is 0 Å². The number of nitrogens with two attached hydrogens (primary N) is 1. The van der Waals surface area contributed by atoms with Gasteiger partial charge in [-0.3, -0.25) is 4.79 Å². The molecule has 0 aromatic carbocycles. The van der Waals surface area contributed by atoms with Crippen LogP contribution in [0.1, 0.15) is 52.4 Å². The highest BCUT2D eigenvalue weighted by Crippen LogP contribution is 2.38. The van der Waals surface area contributed by atoms with Crippen LogP contribution in [0, 0.1) is 5.41 Å². The average molecular weight is 284 g/mol. The van der Waals surface area contributed by atoms with Gasteiger partial charge in [-0.25, -0.2) is 0 Å². The van der Waals surface area contributed by atoms with Crippen LogP contribution in [0.15, 0.2) is 0 Å². The van der Waals surface area contributed by atoms with Gasteiger partial charge in [0.05, 0.1) is 5.41 Å². The lowest BCUT2D eigenvalue weighted by Crippen LogP contribution is -2.55. The van der Waals surface area contributed by atoms with Crippen LogP contribution in [0.4, 0.5) is 0 Å². The number of hydrogen-bond donors (Lipinski definition) is 1. The van der Waals surface area contributed by atoms with Gasteiger partial charge in [-0.2, -0.15) is 11.8 Å². The molecule has 2 N–H and O–H groups in total. The van der Waals surface area contributed by atoms with Crippen LogP contribution >= 0.6 is 11.8 Å². The summed E-state index contributed by atoms with van der Waals surface area (Å²) in [7, 11) is 0. The number of nitrogens with zero attached hydrogens (tertiary/aromatic N) is 1.